The number of allylic oxidation sites excluding steroid dienone is 1. The number of hydrogen-bond donors (Lipinski definition) is 2. The van der Waals surface area contributed by atoms with Gasteiger partial charge < -0.3 is 11.1 Å². The summed E-state index contributed by atoms with van der Waals surface area (Å²) in [6, 6.07) is 31.1. The molecule has 3 atom stereocenters. The van der Waals surface area contributed by atoms with Crippen LogP contribution in [0, 0.1) is 5.41 Å². The van der Waals surface area contributed by atoms with Gasteiger partial charge in [0.25, 0.3) is 0 Å². The number of nitrogens with one attached hydrogen (secondary N) is 1. The summed E-state index contributed by atoms with van der Waals surface area (Å²) >= 11 is 0. The fourth-order valence-electron chi connectivity index (χ4n) is 3.75. The van der Waals surface area contributed by atoms with Crippen molar-refractivity contribution in [2.24, 2.45) is 11.1 Å². The molecule has 3 rings (SSSR count). The third-order valence-corrected chi connectivity index (χ3v) is 5.33. The molecular formula is C25H28N2. The number of rotatable bonds is 8. The van der Waals surface area contributed by atoms with Crippen LogP contribution in [-0.4, -0.2) is 0 Å². The summed E-state index contributed by atoms with van der Waals surface area (Å²) in [7, 11) is 0. The van der Waals surface area contributed by atoms with Crippen molar-refractivity contribution in [1.29, 1.82) is 0 Å². The molecule has 3 N–H and O–H groups in total. The average molecular weight is 357 g/mol. The van der Waals surface area contributed by atoms with Gasteiger partial charge in [0.2, 0.25) is 0 Å². The summed E-state index contributed by atoms with van der Waals surface area (Å²) < 4.78 is 0. The molecule has 138 valence electrons. The number of para-hydroxylation sites is 1. The van der Waals surface area contributed by atoms with Crippen molar-refractivity contribution >= 4 is 5.69 Å². The van der Waals surface area contributed by atoms with E-state index in [2.05, 4.69) is 67.4 Å². The first-order valence-electron chi connectivity index (χ1n) is 9.43. The van der Waals surface area contributed by atoms with E-state index in [0.29, 0.717) is 0 Å². The molecule has 0 aliphatic rings. The van der Waals surface area contributed by atoms with E-state index in [0.717, 1.165) is 17.7 Å². The maximum Gasteiger partial charge on any atom is 0.0588 e. The summed E-state index contributed by atoms with van der Waals surface area (Å²) in [6.07, 6.45) is 2.77. The van der Waals surface area contributed by atoms with Crippen molar-refractivity contribution in [2.75, 3.05) is 5.32 Å². The predicted molar refractivity (Wildman–Crippen MR) is 116 cm³/mol. The highest BCUT2D eigenvalue weighted by molar-refractivity contribution is 5.46. The van der Waals surface area contributed by atoms with E-state index in [1.807, 2.05) is 48.5 Å². The van der Waals surface area contributed by atoms with Crippen molar-refractivity contribution in [2.45, 2.75) is 25.4 Å². The molecular weight excluding hydrogens is 328 g/mol. The highest BCUT2D eigenvalue weighted by Gasteiger charge is 2.40. The molecule has 0 fully saturated rings. The van der Waals surface area contributed by atoms with Crippen LogP contribution in [0.25, 0.3) is 0 Å². The Labute approximate surface area is 162 Å². The van der Waals surface area contributed by atoms with Crippen molar-refractivity contribution in [1.82, 2.24) is 0 Å². The predicted octanol–water partition coefficient (Wildman–Crippen LogP) is 6.12. The zero-order valence-corrected chi connectivity index (χ0v) is 15.9. The second kappa shape index (κ2) is 8.70. The molecule has 0 spiro atoms. The summed E-state index contributed by atoms with van der Waals surface area (Å²) in [6.45, 7) is 6.27. The minimum absolute atomic E-state index is 0.0364. The van der Waals surface area contributed by atoms with Crippen molar-refractivity contribution in [3.63, 3.8) is 0 Å². The Morgan fingerprint density at radius 3 is 1.85 bits per heavy atom. The van der Waals surface area contributed by atoms with Gasteiger partial charge in [-0.3, -0.25) is 0 Å². The normalized spacial score (nSPS) is 15.3. The molecule has 0 aliphatic heterocycles. The van der Waals surface area contributed by atoms with Crippen molar-refractivity contribution in [3.8, 4) is 0 Å². The molecule has 3 aromatic carbocycles. The average Bonchev–Trinajstić information content (AvgIpc) is 2.73. The molecule has 0 saturated carbocycles. The van der Waals surface area contributed by atoms with Crippen LogP contribution in [0.15, 0.2) is 104 Å². The first kappa shape index (κ1) is 18.9. The molecule has 0 radical (unpaired) electrons. The summed E-state index contributed by atoms with van der Waals surface area (Å²) in [4.78, 5) is 0. The Hall–Kier alpha value is -2.84. The quantitative estimate of drug-likeness (QED) is 0.477. The van der Waals surface area contributed by atoms with Gasteiger partial charge in [0, 0.05) is 17.1 Å². The summed E-state index contributed by atoms with van der Waals surface area (Å²) in [5.41, 5.74) is 10.0. The van der Waals surface area contributed by atoms with Crippen LogP contribution >= 0.6 is 0 Å². The maximum absolute atomic E-state index is 6.86. The minimum Gasteiger partial charge on any atom is -0.378 e. The summed E-state index contributed by atoms with van der Waals surface area (Å²) in [5, 5.41) is 3.74. The second-order valence-corrected chi connectivity index (χ2v) is 7.24. The molecule has 0 saturated heterocycles. The Kier molecular flexibility index (Phi) is 6.10. The van der Waals surface area contributed by atoms with Gasteiger partial charge >= 0.3 is 0 Å². The highest BCUT2D eigenvalue weighted by Crippen LogP contribution is 2.47. The lowest BCUT2D eigenvalue weighted by Gasteiger charge is -2.43. The number of nitrogens with two attached hydrogens (primary N) is 1. The van der Waals surface area contributed by atoms with Gasteiger partial charge in [-0.05, 0) is 29.7 Å². The van der Waals surface area contributed by atoms with Crippen molar-refractivity contribution in [3.05, 3.63) is 115 Å². The zero-order chi connectivity index (χ0) is 19.1. The fraction of sp³-hybridized carbons (Fsp3) is 0.200. The zero-order valence-electron chi connectivity index (χ0n) is 15.9. The van der Waals surface area contributed by atoms with Crippen LogP contribution in [0.4, 0.5) is 5.69 Å². The molecule has 3 unspecified atom stereocenters. The highest BCUT2D eigenvalue weighted by atomic mass is 15.0. The van der Waals surface area contributed by atoms with Crippen LogP contribution in [0.1, 0.15) is 36.6 Å². The Balaban J connectivity index is 2.06. The van der Waals surface area contributed by atoms with E-state index in [1.54, 1.807) is 0 Å². The van der Waals surface area contributed by atoms with Gasteiger partial charge in [0.15, 0.2) is 0 Å². The van der Waals surface area contributed by atoms with E-state index in [-0.39, 0.29) is 17.5 Å². The first-order chi connectivity index (χ1) is 13.1. The van der Waals surface area contributed by atoms with E-state index >= 15 is 0 Å². The molecule has 3 aromatic rings. The second-order valence-electron chi connectivity index (χ2n) is 7.24. The van der Waals surface area contributed by atoms with E-state index in [4.69, 9.17) is 5.73 Å². The number of anilines is 1. The Bertz CT molecular complexity index is 830. The maximum atomic E-state index is 6.86. The lowest BCUT2D eigenvalue weighted by molar-refractivity contribution is 0.215. The molecule has 2 nitrogen and oxygen atoms in total. The van der Waals surface area contributed by atoms with Crippen LogP contribution < -0.4 is 11.1 Å². The topological polar surface area (TPSA) is 38.0 Å². The van der Waals surface area contributed by atoms with Gasteiger partial charge in [-0.1, -0.05) is 91.9 Å². The monoisotopic (exact) mass is 356 g/mol. The minimum atomic E-state index is -0.264. The molecule has 0 bridgehead atoms. The standard InChI is InChI=1S/C25H28N2/c1-3-19-25(2,23(26)20-13-7-4-8-14-20)24(21-15-9-5-10-16-21)27-22-17-11-6-12-18-22/h3-18,23-24,27H,1,19,26H2,2H3. The van der Waals surface area contributed by atoms with Crippen LogP contribution in [0.5, 0.6) is 0 Å². The molecule has 0 aliphatic carbocycles. The lowest BCUT2D eigenvalue weighted by atomic mass is 9.68. The number of hydrogen-bond acceptors (Lipinski definition) is 2. The van der Waals surface area contributed by atoms with Gasteiger partial charge in [0.1, 0.15) is 0 Å². The lowest BCUT2D eigenvalue weighted by Crippen LogP contribution is -2.40. The Morgan fingerprint density at radius 2 is 1.33 bits per heavy atom. The third-order valence-electron chi connectivity index (χ3n) is 5.33. The van der Waals surface area contributed by atoms with Crippen LogP contribution in [0.3, 0.4) is 0 Å². The first-order valence-corrected chi connectivity index (χ1v) is 9.43. The Morgan fingerprint density at radius 1 is 0.852 bits per heavy atom. The molecule has 0 heterocycles. The fourth-order valence-corrected chi connectivity index (χ4v) is 3.75. The van der Waals surface area contributed by atoms with Crippen LogP contribution in [-0.2, 0) is 0 Å². The molecule has 2 heteroatoms. The SMILES string of the molecule is C=CCC(C)(C(N)c1ccccc1)C(Nc1ccccc1)c1ccccc1. The third kappa shape index (κ3) is 4.29. The van der Waals surface area contributed by atoms with Crippen molar-refractivity contribution < 1.29 is 0 Å². The van der Waals surface area contributed by atoms with Gasteiger partial charge in [0.05, 0.1) is 6.04 Å². The smallest absolute Gasteiger partial charge is 0.0588 e. The largest absolute Gasteiger partial charge is 0.378 e. The van der Waals surface area contributed by atoms with Gasteiger partial charge in [-0.2, -0.15) is 0 Å². The number of benzene rings is 3. The van der Waals surface area contributed by atoms with E-state index < -0.39 is 0 Å². The van der Waals surface area contributed by atoms with Gasteiger partial charge in [-0.15, -0.1) is 6.58 Å². The summed E-state index contributed by atoms with van der Waals surface area (Å²) in [5.74, 6) is 0. The van der Waals surface area contributed by atoms with Crippen LogP contribution in [0.2, 0.25) is 0 Å². The molecule has 27 heavy (non-hydrogen) atoms. The van der Waals surface area contributed by atoms with E-state index in [1.165, 1.54) is 5.56 Å². The van der Waals surface area contributed by atoms with Gasteiger partial charge in [-0.25, -0.2) is 0 Å². The molecule has 0 amide bonds. The molecule has 0 aromatic heterocycles. The van der Waals surface area contributed by atoms with E-state index in [9.17, 15) is 0 Å².